The summed E-state index contributed by atoms with van der Waals surface area (Å²) in [6.45, 7) is 2.52. The molecular formula is C20H24N4O3S. The zero-order valence-corrected chi connectivity index (χ0v) is 17.0. The minimum absolute atomic E-state index is 0.217. The second kappa shape index (κ2) is 8.52. The number of carbonyl (C=O) groups is 3. The summed E-state index contributed by atoms with van der Waals surface area (Å²) in [7, 11) is 3.31. The average molecular weight is 401 g/mol. The average Bonchev–Trinajstić information content (AvgIpc) is 3.34. The number of hydrogen-bond acceptors (Lipinski definition) is 5. The lowest BCUT2D eigenvalue weighted by Crippen LogP contribution is -2.47. The van der Waals surface area contributed by atoms with Gasteiger partial charge in [-0.3, -0.25) is 14.4 Å². The van der Waals surface area contributed by atoms with E-state index in [1.165, 1.54) is 9.80 Å². The van der Waals surface area contributed by atoms with Crippen molar-refractivity contribution in [1.82, 2.24) is 20.1 Å². The first-order valence-electron chi connectivity index (χ1n) is 9.15. The molecule has 1 fully saturated rings. The van der Waals surface area contributed by atoms with Crippen molar-refractivity contribution in [3.63, 3.8) is 0 Å². The number of carbonyl (C=O) groups excluding carboxylic acids is 3. The predicted molar refractivity (Wildman–Crippen MR) is 108 cm³/mol. The van der Waals surface area contributed by atoms with Crippen molar-refractivity contribution in [1.29, 1.82) is 0 Å². The molecule has 1 aromatic heterocycles. The number of hydrogen-bond donors (Lipinski definition) is 1. The molecule has 3 amide bonds. The molecule has 2 aromatic rings. The van der Waals surface area contributed by atoms with E-state index in [4.69, 9.17) is 0 Å². The molecule has 8 heteroatoms. The number of benzene rings is 1. The molecule has 2 atom stereocenters. The second-order valence-corrected chi connectivity index (χ2v) is 7.92. The third kappa shape index (κ3) is 4.06. The molecule has 7 nitrogen and oxygen atoms in total. The van der Waals surface area contributed by atoms with E-state index in [1.54, 1.807) is 30.9 Å². The largest absolute Gasteiger partial charge is 0.347 e. The Balaban J connectivity index is 1.84. The van der Waals surface area contributed by atoms with Crippen molar-refractivity contribution in [3.8, 4) is 10.4 Å². The lowest BCUT2D eigenvalue weighted by Gasteiger charge is -2.26. The maximum atomic E-state index is 12.7. The van der Waals surface area contributed by atoms with Crippen molar-refractivity contribution >= 4 is 29.6 Å². The van der Waals surface area contributed by atoms with Crippen LogP contribution in [0.15, 0.2) is 29.8 Å². The van der Waals surface area contributed by atoms with Crippen LogP contribution in [-0.4, -0.2) is 59.7 Å². The van der Waals surface area contributed by atoms with Crippen LogP contribution in [0, 0.1) is 6.92 Å². The number of thiazole rings is 1. The molecular weight excluding hydrogens is 376 g/mol. The Kier molecular flexibility index (Phi) is 6.08. The fraction of sp³-hybridized carbons (Fsp3) is 0.400. The van der Waals surface area contributed by atoms with Crippen LogP contribution in [-0.2, 0) is 14.4 Å². The van der Waals surface area contributed by atoms with Gasteiger partial charge in [0.05, 0.1) is 16.1 Å². The maximum Gasteiger partial charge on any atom is 0.249 e. The van der Waals surface area contributed by atoms with E-state index in [0.717, 1.165) is 22.6 Å². The number of amides is 3. The van der Waals surface area contributed by atoms with E-state index in [9.17, 15) is 14.4 Å². The van der Waals surface area contributed by atoms with E-state index in [-0.39, 0.29) is 11.8 Å². The Morgan fingerprint density at radius 1 is 1.32 bits per heavy atom. The molecule has 1 N–H and O–H groups in total. The van der Waals surface area contributed by atoms with Crippen molar-refractivity contribution in [2.24, 2.45) is 0 Å². The molecule has 1 saturated heterocycles. The van der Waals surface area contributed by atoms with Gasteiger partial charge in [-0.1, -0.05) is 24.3 Å². The van der Waals surface area contributed by atoms with Crippen LogP contribution in [0.5, 0.6) is 0 Å². The third-order valence-electron chi connectivity index (χ3n) is 4.96. The molecule has 1 aromatic carbocycles. The number of likely N-dealkylation sites (N-methyl/N-ethyl adjacent to an activating group) is 1. The van der Waals surface area contributed by atoms with E-state index in [2.05, 4.69) is 10.3 Å². The molecule has 28 heavy (non-hydrogen) atoms. The molecule has 0 bridgehead atoms. The highest BCUT2D eigenvalue weighted by atomic mass is 32.1. The van der Waals surface area contributed by atoms with E-state index in [0.29, 0.717) is 24.9 Å². The van der Waals surface area contributed by atoms with Crippen LogP contribution in [0.1, 0.15) is 30.1 Å². The molecule has 1 aliphatic rings. The highest BCUT2D eigenvalue weighted by Crippen LogP contribution is 2.28. The monoisotopic (exact) mass is 400 g/mol. The number of nitrogens with one attached hydrogen (secondary N) is 1. The highest BCUT2D eigenvalue weighted by molar-refractivity contribution is 7.13. The van der Waals surface area contributed by atoms with Crippen LogP contribution in [0.25, 0.3) is 10.4 Å². The van der Waals surface area contributed by atoms with Gasteiger partial charge >= 0.3 is 0 Å². The zero-order valence-electron chi connectivity index (χ0n) is 16.2. The standard InChI is InChI=1S/C20H24N4O3S/c1-13-18(28-11-21-13)15-8-6-14(7-9-15)17(20(27)23(2)3)22-19(26)16-5-4-10-24(16)12-25/h6-9,11-12,16-17H,4-5,10H2,1-3H3,(H,22,26)/t16-,17+/m0/s1. The number of aromatic nitrogens is 1. The topological polar surface area (TPSA) is 82.6 Å². The number of likely N-dealkylation sites (tertiary alicyclic amines) is 1. The van der Waals surface area contributed by atoms with Crippen LogP contribution >= 0.6 is 11.3 Å². The molecule has 0 saturated carbocycles. The summed E-state index contributed by atoms with van der Waals surface area (Å²) in [5, 5.41) is 2.85. The van der Waals surface area contributed by atoms with Crippen molar-refractivity contribution in [3.05, 3.63) is 41.0 Å². The Morgan fingerprint density at radius 3 is 2.61 bits per heavy atom. The summed E-state index contributed by atoms with van der Waals surface area (Å²) in [6, 6.07) is 6.26. The highest BCUT2D eigenvalue weighted by Gasteiger charge is 2.33. The first-order valence-corrected chi connectivity index (χ1v) is 10.0. The molecule has 3 rings (SSSR count). The van der Waals surface area contributed by atoms with Gasteiger partial charge in [0.1, 0.15) is 12.1 Å². The Labute approximate surface area is 168 Å². The second-order valence-electron chi connectivity index (χ2n) is 7.06. The SMILES string of the molecule is Cc1ncsc1-c1ccc([C@@H](NC(=O)[C@@H]2CCCN2C=O)C(=O)N(C)C)cc1. The van der Waals surface area contributed by atoms with Crippen LogP contribution in [0.3, 0.4) is 0 Å². The first kappa shape index (κ1) is 20.0. The first-order chi connectivity index (χ1) is 13.4. The summed E-state index contributed by atoms with van der Waals surface area (Å²) >= 11 is 1.56. The van der Waals surface area contributed by atoms with Gasteiger partial charge in [0.15, 0.2) is 0 Å². The Bertz CT molecular complexity index is 863. The van der Waals surface area contributed by atoms with E-state index in [1.807, 2.05) is 31.2 Å². The third-order valence-corrected chi connectivity index (χ3v) is 5.94. The smallest absolute Gasteiger partial charge is 0.249 e. The maximum absolute atomic E-state index is 12.7. The minimum atomic E-state index is -0.798. The van der Waals surface area contributed by atoms with Gasteiger partial charge in [0.2, 0.25) is 18.2 Å². The predicted octanol–water partition coefficient (Wildman–Crippen LogP) is 1.98. The fourth-order valence-corrected chi connectivity index (χ4v) is 4.20. The summed E-state index contributed by atoms with van der Waals surface area (Å²) in [4.78, 5) is 44.9. The normalized spacial score (nSPS) is 17.2. The molecule has 0 aliphatic carbocycles. The summed E-state index contributed by atoms with van der Waals surface area (Å²) in [5.41, 5.74) is 4.49. The number of aryl methyl sites for hydroxylation is 1. The Morgan fingerprint density at radius 2 is 2.04 bits per heavy atom. The lowest BCUT2D eigenvalue weighted by atomic mass is 10.0. The van der Waals surface area contributed by atoms with Gasteiger partial charge in [-0.15, -0.1) is 11.3 Å². The number of rotatable bonds is 6. The summed E-state index contributed by atoms with van der Waals surface area (Å²) < 4.78 is 0. The quantitative estimate of drug-likeness (QED) is 0.752. The van der Waals surface area contributed by atoms with Gasteiger partial charge in [-0.05, 0) is 30.9 Å². The van der Waals surface area contributed by atoms with E-state index < -0.39 is 12.1 Å². The van der Waals surface area contributed by atoms with E-state index >= 15 is 0 Å². The van der Waals surface area contributed by atoms with Gasteiger partial charge < -0.3 is 15.1 Å². The van der Waals surface area contributed by atoms with Crippen molar-refractivity contribution in [2.45, 2.75) is 31.8 Å². The molecule has 1 aliphatic heterocycles. The fourth-order valence-electron chi connectivity index (χ4n) is 3.39. The molecule has 0 spiro atoms. The van der Waals surface area contributed by atoms with Gasteiger partial charge in [-0.2, -0.15) is 0 Å². The van der Waals surface area contributed by atoms with Crippen LogP contribution in [0.2, 0.25) is 0 Å². The summed E-state index contributed by atoms with van der Waals surface area (Å²) in [6.07, 6.45) is 2.09. The Hall–Kier alpha value is -2.74. The van der Waals surface area contributed by atoms with Gasteiger partial charge in [-0.25, -0.2) is 4.98 Å². The zero-order chi connectivity index (χ0) is 20.3. The molecule has 2 heterocycles. The lowest BCUT2D eigenvalue weighted by molar-refractivity contribution is -0.137. The molecule has 0 radical (unpaired) electrons. The van der Waals surface area contributed by atoms with Gasteiger partial charge in [0.25, 0.3) is 0 Å². The minimum Gasteiger partial charge on any atom is -0.347 e. The molecule has 148 valence electrons. The molecule has 0 unspecified atom stereocenters. The van der Waals surface area contributed by atoms with Crippen molar-refractivity contribution in [2.75, 3.05) is 20.6 Å². The summed E-state index contributed by atoms with van der Waals surface area (Å²) in [5.74, 6) is -0.516. The number of nitrogens with zero attached hydrogens (tertiary/aromatic N) is 3. The van der Waals surface area contributed by atoms with Gasteiger partial charge in [0, 0.05) is 20.6 Å². The van der Waals surface area contributed by atoms with Crippen LogP contribution in [0.4, 0.5) is 0 Å². The van der Waals surface area contributed by atoms with Crippen molar-refractivity contribution < 1.29 is 14.4 Å². The van der Waals surface area contributed by atoms with Crippen LogP contribution < -0.4 is 5.32 Å².